The van der Waals surface area contributed by atoms with Crippen LogP contribution in [0.1, 0.15) is 18.5 Å². The summed E-state index contributed by atoms with van der Waals surface area (Å²) in [5, 5.41) is 4.53. The van der Waals surface area contributed by atoms with Crippen LogP contribution in [0.2, 0.25) is 10.2 Å². The molecule has 3 nitrogen and oxygen atoms in total. The van der Waals surface area contributed by atoms with Crippen LogP contribution in [0.15, 0.2) is 12.1 Å². The Bertz CT molecular complexity index is 384. The maximum atomic E-state index is 6.12. The van der Waals surface area contributed by atoms with Crippen molar-refractivity contribution in [3.63, 3.8) is 0 Å². The molecule has 0 aromatic carbocycles. The number of likely N-dealkylation sites (N-methyl/N-ethyl adjacent to an activating group) is 1. The summed E-state index contributed by atoms with van der Waals surface area (Å²) in [4.78, 5) is 6.66. The predicted molar refractivity (Wildman–Crippen MR) is 71.6 cm³/mol. The van der Waals surface area contributed by atoms with Crippen LogP contribution in [0.3, 0.4) is 0 Å². The molecule has 1 saturated heterocycles. The number of aromatic nitrogens is 1. The largest absolute Gasteiger partial charge is 0.316 e. The van der Waals surface area contributed by atoms with Crippen LogP contribution in [-0.2, 0) is 6.54 Å². The normalized spacial score (nSPS) is 21.7. The van der Waals surface area contributed by atoms with Crippen molar-refractivity contribution in [1.82, 2.24) is 15.2 Å². The van der Waals surface area contributed by atoms with E-state index in [0.717, 1.165) is 25.3 Å². The van der Waals surface area contributed by atoms with E-state index in [-0.39, 0.29) is 0 Å². The minimum Gasteiger partial charge on any atom is -0.316 e. The van der Waals surface area contributed by atoms with E-state index in [1.807, 2.05) is 13.1 Å². The van der Waals surface area contributed by atoms with Gasteiger partial charge in [-0.3, -0.25) is 4.90 Å². The minimum absolute atomic E-state index is 0.506. The molecule has 17 heavy (non-hydrogen) atoms. The summed E-state index contributed by atoms with van der Waals surface area (Å²) in [5.74, 6) is 0. The highest BCUT2D eigenvalue weighted by Crippen LogP contribution is 2.20. The van der Waals surface area contributed by atoms with E-state index >= 15 is 0 Å². The van der Waals surface area contributed by atoms with Crippen LogP contribution < -0.4 is 5.32 Å². The maximum Gasteiger partial charge on any atom is 0.129 e. The van der Waals surface area contributed by atoms with Gasteiger partial charge in [-0.2, -0.15) is 0 Å². The molecule has 1 aliphatic heterocycles. The van der Waals surface area contributed by atoms with Crippen molar-refractivity contribution in [1.29, 1.82) is 0 Å². The fourth-order valence-electron chi connectivity index (χ4n) is 2.22. The lowest BCUT2D eigenvalue weighted by Crippen LogP contribution is -2.44. The van der Waals surface area contributed by atoms with Crippen LogP contribution in [0, 0.1) is 0 Å². The number of pyridine rings is 1. The fourth-order valence-corrected chi connectivity index (χ4v) is 2.55. The van der Waals surface area contributed by atoms with Gasteiger partial charge in [0, 0.05) is 19.1 Å². The highest BCUT2D eigenvalue weighted by Gasteiger charge is 2.19. The van der Waals surface area contributed by atoms with Crippen LogP contribution >= 0.6 is 23.2 Å². The molecular weight excluding hydrogens is 257 g/mol. The van der Waals surface area contributed by atoms with Crippen molar-refractivity contribution in [3.8, 4) is 0 Å². The number of nitrogens with zero attached hydrogens (tertiary/aromatic N) is 2. The van der Waals surface area contributed by atoms with Crippen LogP contribution in [0.5, 0.6) is 0 Å². The topological polar surface area (TPSA) is 28.2 Å². The Balaban J connectivity index is 2.02. The Morgan fingerprint density at radius 3 is 3.06 bits per heavy atom. The van der Waals surface area contributed by atoms with Gasteiger partial charge in [0.05, 0.1) is 10.7 Å². The maximum absolute atomic E-state index is 6.12. The zero-order valence-corrected chi connectivity index (χ0v) is 11.4. The van der Waals surface area contributed by atoms with Gasteiger partial charge in [-0.15, -0.1) is 0 Å². The first-order chi connectivity index (χ1) is 8.19. The van der Waals surface area contributed by atoms with E-state index < -0.39 is 0 Å². The second-order valence-electron chi connectivity index (χ2n) is 4.43. The minimum atomic E-state index is 0.506. The SMILES string of the molecule is CNC1CCCN(Cc2nc(Cl)ccc2Cl)C1. The molecule has 1 aromatic heterocycles. The first-order valence-corrected chi connectivity index (χ1v) is 6.65. The van der Waals surface area contributed by atoms with E-state index in [1.54, 1.807) is 6.07 Å². The Labute approximate surface area is 112 Å². The number of halogens is 2. The van der Waals surface area contributed by atoms with Gasteiger partial charge in [0.25, 0.3) is 0 Å². The first kappa shape index (κ1) is 13.1. The van der Waals surface area contributed by atoms with Crippen LogP contribution in [0.4, 0.5) is 0 Å². The molecule has 1 aromatic rings. The summed E-state index contributed by atoms with van der Waals surface area (Å²) in [5.41, 5.74) is 0.871. The predicted octanol–water partition coefficient (Wildman–Crippen LogP) is 2.57. The fraction of sp³-hybridized carbons (Fsp3) is 0.583. The van der Waals surface area contributed by atoms with Crippen LogP contribution in [-0.4, -0.2) is 36.1 Å². The molecule has 2 heterocycles. The summed E-state index contributed by atoms with van der Waals surface area (Å²) in [7, 11) is 2.01. The van der Waals surface area contributed by atoms with Gasteiger partial charge < -0.3 is 5.32 Å². The lowest BCUT2D eigenvalue weighted by Gasteiger charge is -2.32. The molecule has 1 aliphatic rings. The molecule has 94 valence electrons. The standard InChI is InChI=1S/C12H17Cl2N3/c1-15-9-3-2-6-17(7-9)8-11-10(13)4-5-12(14)16-11/h4-5,9,15H,2-3,6-8H2,1H3. The van der Waals surface area contributed by atoms with Crippen molar-refractivity contribution in [2.24, 2.45) is 0 Å². The van der Waals surface area contributed by atoms with Gasteiger partial charge in [-0.05, 0) is 38.6 Å². The third-order valence-electron chi connectivity index (χ3n) is 3.17. The molecule has 0 radical (unpaired) electrons. The Morgan fingerprint density at radius 2 is 2.29 bits per heavy atom. The summed E-state index contributed by atoms with van der Waals surface area (Å²) >= 11 is 12.0. The molecule has 5 heteroatoms. The molecule has 0 bridgehead atoms. The number of nitrogens with one attached hydrogen (secondary N) is 1. The zero-order chi connectivity index (χ0) is 12.3. The molecular formula is C12H17Cl2N3. The molecule has 0 aliphatic carbocycles. The van der Waals surface area contributed by atoms with E-state index in [2.05, 4.69) is 15.2 Å². The van der Waals surface area contributed by atoms with Crippen molar-refractivity contribution in [3.05, 3.63) is 28.0 Å². The second kappa shape index (κ2) is 6.01. The molecule has 1 unspecified atom stereocenters. The lowest BCUT2D eigenvalue weighted by molar-refractivity contribution is 0.186. The van der Waals surface area contributed by atoms with Gasteiger partial charge in [-0.25, -0.2) is 4.98 Å². The number of piperidine rings is 1. The van der Waals surface area contributed by atoms with Gasteiger partial charge >= 0.3 is 0 Å². The van der Waals surface area contributed by atoms with Crippen molar-refractivity contribution >= 4 is 23.2 Å². The average Bonchev–Trinajstić information content (AvgIpc) is 2.34. The van der Waals surface area contributed by atoms with Crippen molar-refractivity contribution in [2.75, 3.05) is 20.1 Å². The molecule has 0 amide bonds. The highest BCUT2D eigenvalue weighted by molar-refractivity contribution is 6.32. The van der Waals surface area contributed by atoms with Crippen LogP contribution in [0.25, 0.3) is 0 Å². The number of hydrogen-bond donors (Lipinski definition) is 1. The first-order valence-electron chi connectivity index (χ1n) is 5.89. The smallest absolute Gasteiger partial charge is 0.129 e. The Kier molecular flexibility index (Phi) is 4.62. The number of likely N-dealkylation sites (tertiary alicyclic amines) is 1. The average molecular weight is 274 g/mol. The van der Waals surface area contributed by atoms with E-state index in [1.165, 1.54) is 12.8 Å². The van der Waals surface area contributed by atoms with E-state index in [0.29, 0.717) is 16.2 Å². The van der Waals surface area contributed by atoms with E-state index in [9.17, 15) is 0 Å². The summed E-state index contributed by atoms with van der Waals surface area (Å²) in [6.07, 6.45) is 2.45. The summed E-state index contributed by atoms with van der Waals surface area (Å²) in [6, 6.07) is 4.10. The Morgan fingerprint density at radius 1 is 1.47 bits per heavy atom. The van der Waals surface area contributed by atoms with Crippen molar-refractivity contribution < 1.29 is 0 Å². The van der Waals surface area contributed by atoms with Gasteiger partial charge in [0.1, 0.15) is 5.15 Å². The second-order valence-corrected chi connectivity index (χ2v) is 5.22. The summed E-state index contributed by atoms with van der Waals surface area (Å²) < 4.78 is 0. The van der Waals surface area contributed by atoms with Crippen molar-refractivity contribution in [2.45, 2.75) is 25.4 Å². The van der Waals surface area contributed by atoms with Gasteiger partial charge in [0.15, 0.2) is 0 Å². The third kappa shape index (κ3) is 3.55. The Hall–Kier alpha value is -0.350. The molecule has 1 atom stereocenters. The molecule has 0 saturated carbocycles. The summed E-state index contributed by atoms with van der Waals surface area (Å²) in [6.45, 7) is 2.92. The zero-order valence-electron chi connectivity index (χ0n) is 9.92. The van der Waals surface area contributed by atoms with Gasteiger partial charge in [-0.1, -0.05) is 23.2 Å². The quantitative estimate of drug-likeness (QED) is 0.859. The van der Waals surface area contributed by atoms with Gasteiger partial charge in [0.2, 0.25) is 0 Å². The highest BCUT2D eigenvalue weighted by atomic mass is 35.5. The van der Waals surface area contributed by atoms with E-state index in [4.69, 9.17) is 23.2 Å². The monoisotopic (exact) mass is 273 g/mol. The molecule has 2 rings (SSSR count). The number of hydrogen-bond acceptors (Lipinski definition) is 3. The lowest BCUT2D eigenvalue weighted by atomic mass is 10.1. The molecule has 1 fully saturated rings. The number of rotatable bonds is 3. The molecule has 1 N–H and O–H groups in total. The molecule has 0 spiro atoms. The third-order valence-corrected chi connectivity index (χ3v) is 3.73.